The zero-order chi connectivity index (χ0) is 14.8. The minimum Gasteiger partial charge on any atom is -0.241 e. The molecule has 0 fully saturated rings. The Bertz CT molecular complexity index is 654. The van der Waals surface area contributed by atoms with E-state index < -0.39 is 23.2 Å². The number of nitrogens with zero attached hydrogens (tertiary/aromatic N) is 1. The monoisotopic (exact) mass is 302 g/mol. The fourth-order valence-electron chi connectivity index (χ4n) is 1.50. The number of hydrogen-bond donors (Lipinski definition) is 1. The summed E-state index contributed by atoms with van der Waals surface area (Å²) in [5.41, 5.74) is -1.52. The van der Waals surface area contributed by atoms with Crippen LogP contribution in [-0.4, -0.2) is 5.91 Å². The first-order chi connectivity index (χ1) is 9.41. The highest BCUT2D eigenvalue weighted by Gasteiger charge is 2.36. The molecular weight excluding hydrogens is 295 g/mol. The van der Waals surface area contributed by atoms with E-state index in [9.17, 15) is 22.9 Å². The number of thiazole rings is 1. The number of halogens is 3. The first kappa shape index (κ1) is 14.1. The van der Waals surface area contributed by atoms with Crippen LogP contribution in [0.25, 0.3) is 0 Å². The molecule has 1 amide bonds. The van der Waals surface area contributed by atoms with Gasteiger partial charge in [-0.1, -0.05) is 12.1 Å². The zero-order valence-electron chi connectivity index (χ0n) is 9.69. The average Bonchev–Trinajstić information content (AvgIpc) is 2.85. The highest BCUT2D eigenvalue weighted by Crippen LogP contribution is 2.32. The predicted octanol–water partition coefficient (Wildman–Crippen LogP) is 3.23. The maximum absolute atomic E-state index is 12.8. The highest BCUT2D eigenvalue weighted by atomic mass is 32.1. The van der Waals surface area contributed by atoms with Gasteiger partial charge >= 0.3 is 17.2 Å². The number of anilines is 1. The van der Waals surface area contributed by atoms with Gasteiger partial charge in [0.15, 0.2) is 0 Å². The van der Waals surface area contributed by atoms with E-state index in [1.54, 1.807) is 0 Å². The van der Waals surface area contributed by atoms with Crippen molar-refractivity contribution in [1.29, 1.82) is 0 Å². The summed E-state index contributed by atoms with van der Waals surface area (Å²) in [6.45, 7) is 0. The number of hydrogen-bond acceptors (Lipinski definition) is 4. The summed E-state index contributed by atoms with van der Waals surface area (Å²) in [5.74, 6) is -0.923. The van der Waals surface area contributed by atoms with Gasteiger partial charge in [0, 0.05) is 0 Å². The molecule has 2 N–H and O–H groups in total. The second-order valence-corrected chi connectivity index (χ2v) is 4.68. The maximum atomic E-state index is 12.8. The van der Waals surface area contributed by atoms with Crippen LogP contribution in [0.4, 0.5) is 23.3 Å². The molecule has 5 nitrogen and oxygen atoms in total. The molecule has 0 aliphatic rings. The Morgan fingerprint density at radius 2 is 2.00 bits per heavy atom. The second-order valence-electron chi connectivity index (χ2n) is 3.65. The largest absolute Gasteiger partial charge is 0.417 e. The maximum Gasteiger partial charge on any atom is 0.417 e. The third-order valence-electron chi connectivity index (χ3n) is 2.33. The first-order valence-corrected chi connectivity index (χ1v) is 6.06. The molecule has 0 aliphatic carbocycles. The molecule has 0 aliphatic heterocycles. The molecule has 9 heteroatoms. The van der Waals surface area contributed by atoms with E-state index in [1.807, 2.05) is 0 Å². The van der Waals surface area contributed by atoms with Gasteiger partial charge in [-0.15, -0.1) is 4.91 Å². The summed E-state index contributed by atoms with van der Waals surface area (Å²) >= 11 is 0.821. The van der Waals surface area contributed by atoms with Crippen molar-refractivity contribution in [3.05, 3.63) is 46.5 Å². The topological polar surface area (TPSA) is 72.7 Å². The lowest BCUT2D eigenvalue weighted by Gasteiger charge is -2.09. The summed E-state index contributed by atoms with van der Waals surface area (Å²) in [5, 5.41) is 5.08. The van der Waals surface area contributed by atoms with Crippen LogP contribution in [0, 0.1) is 4.91 Å². The fourth-order valence-corrected chi connectivity index (χ4v) is 2.12. The number of amides is 1. The molecule has 1 aromatic carbocycles. The van der Waals surface area contributed by atoms with E-state index in [0.29, 0.717) is 0 Å². The lowest BCUT2D eigenvalue weighted by molar-refractivity contribution is -0.353. The number of aromatic amines is 1. The summed E-state index contributed by atoms with van der Waals surface area (Å²) in [4.78, 5) is 24.6. The lowest BCUT2D eigenvalue weighted by atomic mass is 10.1. The number of H-pyrrole nitrogens is 1. The van der Waals surface area contributed by atoms with Gasteiger partial charge in [0.1, 0.15) is 6.20 Å². The van der Waals surface area contributed by atoms with Crippen molar-refractivity contribution in [2.75, 3.05) is 5.32 Å². The number of carbonyl (C=O) groups excluding carboxylic acids is 1. The fraction of sp³-hybridized carbons (Fsp3) is 0.0909. The van der Waals surface area contributed by atoms with Gasteiger partial charge in [-0.2, -0.15) is 18.5 Å². The zero-order valence-corrected chi connectivity index (χ0v) is 10.5. The predicted molar refractivity (Wildman–Crippen MR) is 65.7 cm³/mol. The van der Waals surface area contributed by atoms with Gasteiger partial charge in [0.2, 0.25) is 5.00 Å². The van der Waals surface area contributed by atoms with Crippen molar-refractivity contribution < 1.29 is 22.9 Å². The lowest BCUT2D eigenvalue weighted by Crippen LogP contribution is -2.20. The van der Waals surface area contributed by atoms with Gasteiger partial charge in [-0.3, -0.25) is 0 Å². The molecule has 0 saturated heterocycles. The number of aromatic nitrogens is 1. The molecule has 2 rings (SSSR count). The quantitative estimate of drug-likeness (QED) is 0.884. The van der Waals surface area contributed by atoms with Gasteiger partial charge in [0.25, 0.3) is 0 Å². The molecular formula is C11H7F3N3O2S+. The molecule has 0 spiro atoms. The number of nitroso groups, excluding NO2 is 1. The van der Waals surface area contributed by atoms with Crippen LogP contribution in [0.5, 0.6) is 0 Å². The Balaban J connectivity index is 2.28. The SMILES string of the molecule is O=Nc1c[nH+]c(NC(=O)c2ccccc2C(F)(F)F)s1. The van der Waals surface area contributed by atoms with E-state index in [0.717, 1.165) is 23.5 Å². The Morgan fingerprint density at radius 3 is 2.60 bits per heavy atom. The third-order valence-corrected chi connectivity index (χ3v) is 3.15. The van der Waals surface area contributed by atoms with Crippen LogP contribution in [0.1, 0.15) is 15.9 Å². The smallest absolute Gasteiger partial charge is 0.241 e. The molecule has 20 heavy (non-hydrogen) atoms. The van der Waals surface area contributed by atoms with Crippen molar-refractivity contribution in [1.82, 2.24) is 0 Å². The molecule has 0 radical (unpaired) electrons. The average molecular weight is 302 g/mol. The van der Waals surface area contributed by atoms with E-state index in [-0.39, 0.29) is 10.1 Å². The normalized spacial score (nSPS) is 11.2. The molecule has 0 atom stereocenters. The molecule has 1 heterocycles. The van der Waals surface area contributed by atoms with Crippen molar-refractivity contribution in [3.8, 4) is 0 Å². The summed E-state index contributed by atoms with van der Waals surface area (Å²) in [6.07, 6.45) is -3.38. The van der Waals surface area contributed by atoms with Crippen molar-refractivity contribution in [2.45, 2.75) is 6.18 Å². The molecule has 104 valence electrons. The molecule has 1 aromatic heterocycles. The third kappa shape index (κ3) is 2.99. The van der Waals surface area contributed by atoms with Crippen LogP contribution in [-0.2, 0) is 6.18 Å². The summed E-state index contributed by atoms with van der Waals surface area (Å²) < 4.78 is 38.3. The van der Waals surface area contributed by atoms with E-state index in [4.69, 9.17) is 0 Å². The Labute approximate surface area is 114 Å². The van der Waals surface area contributed by atoms with Gasteiger partial charge < -0.3 is 0 Å². The van der Waals surface area contributed by atoms with E-state index >= 15 is 0 Å². The Kier molecular flexibility index (Phi) is 3.79. The van der Waals surface area contributed by atoms with Crippen molar-refractivity contribution >= 4 is 27.4 Å². The van der Waals surface area contributed by atoms with Gasteiger partial charge in [-0.05, 0) is 28.6 Å². The Morgan fingerprint density at radius 1 is 1.30 bits per heavy atom. The highest BCUT2D eigenvalue weighted by molar-refractivity contribution is 7.18. The van der Waals surface area contributed by atoms with E-state index in [2.05, 4.69) is 15.5 Å². The van der Waals surface area contributed by atoms with Crippen LogP contribution >= 0.6 is 11.3 Å². The molecule has 0 bridgehead atoms. The number of nitrogens with one attached hydrogen (secondary N) is 2. The van der Waals surface area contributed by atoms with Gasteiger partial charge in [-0.25, -0.2) is 9.78 Å². The first-order valence-electron chi connectivity index (χ1n) is 5.24. The number of alkyl halides is 3. The number of benzene rings is 1. The summed E-state index contributed by atoms with van der Waals surface area (Å²) in [7, 11) is 0. The van der Waals surface area contributed by atoms with Crippen LogP contribution in [0.2, 0.25) is 0 Å². The number of carbonyl (C=O) groups is 1. The van der Waals surface area contributed by atoms with Crippen LogP contribution in [0.15, 0.2) is 35.6 Å². The van der Waals surface area contributed by atoms with Crippen molar-refractivity contribution in [3.63, 3.8) is 0 Å². The van der Waals surface area contributed by atoms with Crippen molar-refractivity contribution in [2.24, 2.45) is 5.18 Å². The van der Waals surface area contributed by atoms with E-state index in [1.165, 1.54) is 18.3 Å². The van der Waals surface area contributed by atoms with Gasteiger partial charge in [0.05, 0.1) is 11.1 Å². The minimum atomic E-state index is -4.62. The van der Waals surface area contributed by atoms with Crippen LogP contribution in [0.3, 0.4) is 0 Å². The second kappa shape index (κ2) is 5.37. The summed E-state index contributed by atoms with van der Waals surface area (Å²) in [6, 6.07) is 4.43. The molecule has 0 saturated carbocycles. The standard InChI is InChI=1S/C11H6F3N3O2S/c12-11(13,14)7-4-2-1-3-6(7)9(18)16-10-15-5-8(17-19)20-10/h1-5H,(H,15,16,18)/p+1. The number of rotatable bonds is 3. The van der Waals surface area contributed by atoms with Crippen LogP contribution < -0.4 is 10.3 Å². The Hall–Kier alpha value is -2.29. The minimum absolute atomic E-state index is 0.0735. The molecule has 0 unspecified atom stereocenters. The molecule has 2 aromatic rings.